The monoisotopic (exact) mass is 606 g/mol. The van der Waals surface area contributed by atoms with Gasteiger partial charge < -0.3 is 29.6 Å². The maximum atomic E-state index is 12.6. The van der Waals surface area contributed by atoms with Crippen molar-refractivity contribution < 1.29 is 33.3 Å². The Labute approximate surface area is 253 Å². The SMILES string of the molecule is CCOC(=O)C1=C(C)NC(=O)N[C@H]1c1ccc(OCC(=O)N/N=C/c2cccc(OCc3ccc(Cl)cc3)c2)c(OC)c1. The summed E-state index contributed by atoms with van der Waals surface area (Å²) < 4.78 is 22.1. The number of hydrazone groups is 1. The summed E-state index contributed by atoms with van der Waals surface area (Å²) >= 11 is 5.92. The van der Waals surface area contributed by atoms with E-state index in [0.29, 0.717) is 34.4 Å². The van der Waals surface area contributed by atoms with Gasteiger partial charge >= 0.3 is 12.0 Å². The summed E-state index contributed by atoms with van der Waals surface area (Å²) in [4.78, 5) is 37.1. The van der Waals surface area contributed by atoms with Crippen molar-refractivity contribution in [2.24, 2.45) is 5.10 Å². The Balaban J connectivity index is 1.33. The molecule has 0 radical (unpaired) electrons. The van der Waals surface area contributed by atoms with Crippen LogP contribution in [-0.4, -0.2) is 44.4 Å². The Morgan fingerprint density at radius 1 is 1.05 bits per heavy atom. The first kappa shape index (κ1) is 30.9. The largest absolute Gasteiger partial charge is 0.493 e. The fraction of sp³-hybridized carbons (Fsp3) is 0.226. The summed E-state index contributed by atoms with van der Waals surface area (Å²) in [7, 11) is 1.44. The number of esters is 1. The number of benzene rings is 3. The zero-order valence-corrected chi connectivity index (χ0v) is 24.6. The van der Waals surface area contributed by atoms with Crippen molar-refractivity contribution in [2.45, 2.75) is 26.5 Å². The van der Waals surface area contributed by atoms with E-state index in [4.69, 9.17) is 30.5 Å². The fourth-order valence-electron chi connectivity index (χ4n) is 4.19. The number of hydrogen-bond acceptors (Lipinski definition) is 8. The summed E-state index contributed by atoms with van der Waals surface area (Å²) in [6, 6.07) is 18.3. The molecule has 0 saturated carbocycles. The summed E-state index contributed by atoms with van der Waals surface area (Å²) in [5.74, 6) is 0.193. The number of urea groups is 1. The third kappa shape index (κ3) is 8.49. The van der Waals surface area contributed by atoms with Gasteiger partial charge in [0.2, 0.25) is 0 Å². The molecule has 0 spiro atoms. The number of nitrogens with one attached hydrogen (secondary N) is 3. The Morgan fingerprint density at radius 3 is 2.58 bits per heavy atom. The van der Waals surface area contributed by atoms with Crippen molar-refractivity contribution in [1.29, 1.82) is 0 Å². The molecule has 0 unspecified atom stereocenters. The van der Waals surface area contributed by atoms with Crippen LogP contribution >= 0.6 is 11.6 Å². The lowest BCUT2D eigenvalue weighted by molar-refractivity contribution is -0.139. The van der Waals surface area contributed by atoms with Gasteiger partial charge in [0.15, 0.2) is 18.1 Å². The van der Waals surface area contributed by atoms with Gasteiger partial charge in [0, 0.05) is 10.7 Å². The van der Waals surface area contributed by atoms with Crippen LogP contribution in [0.5, 0.6) is 17.2 Å². The number of amides is 3. The highest BCUT2D eigenvalue weighted by molar-refractivity contribution is 6.30. The molecule has 3 amide bonds. The lowest BCUT2D eigenvalue weighted by atomic mass is 9.95. The molecule has 3 aromatic rings. The van der Waals surface area contributed by atoms with Crippen molar-refractivity contribution >= 4 is 35.7 Å². The van der Waals surface area contributed by atoms with E-state index in [-0.39, 0.29) is 24.5 Å². The molecule has 11 nitrogen and oxygen atoms in total. The van der Waals surface area contributed by atoms with Crippen LogP contribution in [-0.2, 0) is 20.9 Å². The average molecular weight is 607 g/mol. The van der Waals surface area contributed by atoms with Gasteiger partial charge in [-0.2, -0.15) is 5.10 Å². The van der Waals surface area contributed by atoms with Crippen LogP contribution in [0.3, 0.4) is 0 Å². The third-order valence-electron chi connectivity index (χ3n) is 6.22. The van der Waals surface area contributed by atoms with Gasteiger partial charge in [0.1, 0.15) is 12.4 Å². The van der Waals surface area contributed by atoms with Crippen molar-refractivity contribution in [3.05, 3.63) is 99.7 Å². The van der Waals surface area contributed by atoms with Gasteiger partial charge in [-0.25, -0.2) is 15.0 Å². The minimum atomic E-state index is -0.769. The average Bonchev–Trinajstić information content (AvgIpc) is 2.99. The Morgan fingerprint density at radius 2 is 1.84 bits per heavy atom. The van der Waals surface area contributed by atoms with Crippen LogP contribution in [0.25, 0.3) is 0 Å². The van der Waals surface area contributed by atoms with E-state index in [0.717, 1.165) is 11.1 Å². The molecule has 1 aliphatic heterocycles. The van der Waals surface area contributed by atoms with Gasteiger partial charge in [0.25, 0.3) is 5.91 Å². The highest BCUT2D eigenvalue weighted by Gasteiger charge is 2.32. The highest BCUT2D eigenvalue weighted by atomic mass is 35.5. The standard InChI is InChI=1S/C31H31ClN4O7/c1-4-41-30(38)28-19(2)34-31(39)35-29(28)22-10-13-25(26(15-22)40-3)43-18-27(37)36-33-16-21-6-5-7-24(14-21)42-17-20-8-11-23(32)12-9-20/h5-16,29H,4,17-18H2,1-3H3,(H,36,37)(H2,34,35,39)/b33-16+/t29-/m0/s1. The zero-order chi connectivity index (χ0) is 30.8. The van der Waals surface area contributed by atoms with Crippen LogP contribution in [0.15, 0.2) is 83.1 Å². The van der Waals surface area contributed by atoms with E-state index in [1.807, 2.05) is 30.3 Å². The van der Waals surface area contributed by atoms with E-state index < -0.39 is 23.9 Å². The predicted molar refractivity (Wildman–Crippen MR) is 160 cm³/mol. The molecule has 0 aliphatic carbocycles. The summed E-state index contributed by atoms with van der Waals surface area (Å²) in [5, 5.41) is 9.98. The van der Waals surface area contributed by atoms with Crippen LogP contribution in [0.2, 0.25) is 5.02 Å². The maximum absolute atomic E-state index is 12.6. The first-order chi connectivity index (χ1) is 20.8. The van der Waals surface area contributed by atoms with E-state index in [1.54, 1.807) is 50.2 Å². The molecule has 0 saturated heterocycles. The number of hydrogen-bond donors (Lipinski definition) is 3. The van der Waals surface area contributed by atoms with E-state index >= 15 is 0 Å². The molecule has 0 fully saturated rings. The second-order valence-corrected chi connectivity index (χ2v) is 9.71. The number of nitrogens with zero attached hydrogens (tertiary/aromatic N) is 1. The van der Waals surface area contributed by atoms with Crippen molar-refractivity contribution in [3.8, 4) is 17.2 Å². The van der Waals surface area contributed by atoms with E-state index in [9.17, 15) is 14.4 Å². The molecular formula is C31H31ClN4O7. The third-order valence-corrected chi connectivity index (χ3v) is 6.48. The van der Waals surface area contributed by atoms with Crippen LogP contribution in [0.1, 0.15) is 36.6 Å². The molecule has 224 valence electrons. The van der Waals surface area contributed by atoms with Crippen molar-refractivity contribution in [1.82, 2.24) is 16.1 Å². The number of rotatable bonds is 12. The first-order valence-electron chi connectivity index (χ1n) is 13.3. The predicted octanol–water partition coefficient (Wildman–Crippen LogP) is 4.65. The topological polar surface area (TPSA) is 137 Å². The first-order valence-corrected chi connectivity index (χ1v) is 13.7. The van der Waals surface area contributed by atoms with Crippen LogP contribution in [0.4, 0.5) is 4.79 Å². The fourth-order valence-corrected chi connectivity index (χ4v) is 4.32. The van der Waals surface area contributed by atoms with Gasteiger partial charge in [-0.1, -0.05) is 41.9 Å². The lowest BCUT2D eigenvalue weighted by Crippen LogP contribution is -2.45. The number of carbonyl (C=O) groups is 3. The summed E-state index contributed by atoms with van der Waals surface area (Å²) in [6.45, 7) is 3.55. The summed E-state index contributed by atoms with van der Waals surface area (Å²) in [5.41, 5.74) is 5.36. The number of ether oxygens (including phenoxy) is 4. The molecule has 43 heavy (non-hydrogen) atoms. The van der Waals surface area contributed by atoms with Crippen molar-refractivity contribution in [3.63, 3.8) is 0 Å². The minimum absolute atomic E-state index is 0.185. The normalized spacial score (nSPS) is 14.5. The smallest absolute Gasteiger partial charge is 0.338 e. The van der Waals surface area contributed by atoms with E-state index in [1.165, 1.54) is 13.3 Å². The number of methoxy groups -OCH3 is 1. The van der Waals surface area contributed by atoms with Gasteiger partial charge in [0.05, 0.1) is 31.5 Å². The Bertz CT molecular complexity index is 1540. The molecule has 1 heterocycles. The van der Waals surface area contributed by atoms with Crippen molar-refractivity contribution in [2.75, 3.05) is 20.3 Å². The number of carbonyl (C=O) groups excluding carboxylic acids is 3. The second kappa shape index (κ2) is 14.7. The number of halogens is 1. The highest BCUT2D eigenvalue weighted by Crippen LogP contribution is 2.34. The second-order valence-electron chi connectivity index (χ2n) is 9.27. The molecule has 0 bridgehead atoms. The number of allylic oxidation sites excluding steroid dienone is 1. The molecule has 3 aromatic carbocycles. The van der Waals surface area contributed by atoms with Gasteiger partial charge in [-0.3, -0.25) is 4.79 Å². The van der Waals surface area contributed by atoms with E-state index in [2.05, 4.69) is 21.2 Å². The minimum Gasteiger partial charge on any atom is -0.493 e. The quantitative estimate of drug-likeness (QED) is 0.155. The summed E-state index contributed by atoms with van der Waals surface area (Å²) in [6.07, 6.45) is 1.49. The molecule has 1 aliphatic rings. The molecule has 4 rings (SSSR count). The molecule has 0 aromatic heterocycles. The maximum Gasteiger partial charge on any atom is 0.338 e. The van der Waals surface area contributed by atoms with Crippen LogP contribution in [0, 0.1) is 0 Å². The molecule has 12 heteroatoms. The zero-order valence-electron chi connectivity index (χ0n) is 23.8. The van der Waals surface area contributed by atoms with Crippen LogP contribution < -0.4 is 30.3 Å². The Kier molecular flexibility index (Phi) is 10.6. The molecule has 3 N–H and O–H groups in total. The Hall–Kier alpha value is -5.03. The van der Waals surface area contributed by atoms with Gasteiger partial charge in [-0.05, 0) is 66.9 Å². The molecule has 1 atom stereocenters. The van der Waals surface area contributed by atoms with Gasteiger partial charge in [-0.15, -0.1) is 0 Å². The molecular weight excluding hydrogens is 576 g/mol. The lowest BCUT2D eigenvalue weighted by Gasteiger charge is -2.28.